The van der Waals surface area contributed by atoms with Crippen LogP contribution in [0.4, 0.5) is 0 Å². The molecular weight excluding hydrogens is 340 g/mol. The standard InChI is InChI=1S/C21H30N4O2/c26-20(19-10-22-6-7-23-19)24-14-21(15-24)9-18(13-27-12-17-3-4-17)5-8-25(21)11-16-1-2-16/h6-7,10,16-18H,1-5,8-9,11-15H2/t18-/m0/s1. The van der Waals surface area contributed by atoms with Gasteiger partial charge in [0.05, 0.1) is 11.7 Å². The lowest BCUT2D eigenvalue weighted by molar-refractivity contribution is -0.0897. The van der Waals surface area contributed by atoms with E-state index in [9.17, 15) is 4.79 Å². The molecule has 0 radical (unpaired) electrons. The van der Waals surface area contributed by atoms with Gasteiger partial charge < -0.3 is 9.64 Å². The van der Waals surface area contributed by atoms with Crippen molar-refractivity contribution in [1.82, 2.24) is 19.8 Å². The Bertz CT molecular complexity index is 668. The molecule has 0 bridgehead atoms. The number of amides is 1. The molecule has 0 unspecified atom stereocenters. The van der Waals surface area contributed by atoms with Gasteiger partial charge in [0.15, 0.2) is 0 Å². The Balaban J connectivity index is 1.21. The molecule has 4 aliphatic rings. The minimum absolute atomic E-state index is 0.0206. The number of aromatic nitrogens is 2. The van der Waals surface area contributed by atoms with Crippen LogP contribution in [-0.2, 0) is 4.74 Å². The predicted molar refractivity (Wildman–Crippen MR) is 101 cm³/mol. The Morgan fingerprint density at radius 2 is 1.85 bits per heavy atom. The smallest absolute Gasteiger partial charge is 0.274 e. The first-order valence-electron chi connectivity index (χ1n) is 10.6. The highest BCUT2D eigenvalue weighted by atomic mass is 16.5. The van der Waals surface area contributed by atoms with Crippen LogP contribution in [0.15, 0.2) is 18.6 Å². The first-order valence-corrected chi connectivity index (χ1v) is 10.6. The van der Waals surface area contributed by atoms with Gasteiger partial charge in [-0.3, -0.25) is 14.7 Å². The van der Waals surface area contributed by atoms with E-state index in [1.165, 1.54) is 38.6 Å². The molecule has 0 N–H and O–H groups in total. The van der Waals surface area contributed by atoms with Crippen molar-refractivity contribution in [3.8, 4) is 0 Å². The lowest BCUT2D eigenvalue weighted by Crippen LogP contribution is -2.73. The molecule has 4 fully saturated rings. The molecule has 6 heteroatoms. The first-order chi connectivity index (χ1) is 13.2. The zero-order valence-corrected chi connectivity index (χ0v) is 16.1. The van der Waals surface area contributed by atoms with E-state index in [1.807, 2.05) is 4.90 Å². The molecule has 146 valence electrons. The second-order valence-electron chi connectivity index (χ2n) is 9.21. The Labute approximate surface area is 161 Å². The Kier molecular flexibility index (Phi) is 4.64. The van der Waals surface area contributed by atoms with Gasteiger partial charge in [0, 0.05) is 45.2 Å². The number of likely N-dealkylation sites (tertiary alicyclic amines) is 2. The van der Waals surface area contributed by atoms with Crippen molar-refractivity contribution in [3.63, 3.8) is 0 Å². The topological polar surface area (TPSA) is 58.6 Å². The van der Waals surface area contributed by atoms with Crippen molar-refractivity contribution in [2.45, 2.75) is 44.1 Å². The minimum Gasteiger partial charge on any atom is -0.381 e. The number of carbonyl (C=O) groups is 1. The van der Waals surface area contributed by atoms with Crippen LogP contribution in [0, 0.1) is 17.8 Å². The van der Waals surface area contributed by atoms with Gasteiger partial charge >= 0.3 is 0 Å². The van der Waals surface area contributed by atoms with E-state index in [2.05, 4.69) is 14.9 Å². The van der Waals surface area contributed by atoms with Crippen molar-refractivity contribution in [2.75, 3.05) is 39.4 Å². The quantitative estimate of drug-likeness (QED) is 0.737. The van der Waals surface area contributed by atoms with E-state index >= 15 is 0 Å². The second kappa shape index (κ2) is 7.13. The van der Waals surface area contributed by atoms with Crippen LogP contribution in [0.5, 0.6) is 0 Å². The molecule has 1 amide bonds. The number of hydrogen-bond acceptors (Lipinski definition) is 5. The third-order valence-corrected chi connectivity index (χ3v) is 6.77. The molecule has 2 aliphatic carbocycles. The molecule has 1 aromatic rings. The molecule has 2 saturated heterocycles. The minimum atomic E-state index is 0.0206. The van der Waals surface area contributed by atoms with E-state index in [1.54, 1.807) is 18.6 Å². The average molecular weight is 370 g/mol. The summed E-state index contributed by atoms with van der Waals surface area (Å²) >= 11 is 0. The van der Waals surface area contributed by atoms with Crippen LogP contribution in [0.25, 0.3) is 0 Å². The second-order valence-corrected chi connectivity index (χ2v) is 9.21. The molecule has 2 aliphatic heterocycles. The van der Waals surface area contributed by atoms with Gasteiger partial charge in [-0.25, -0.2) is 4.98 Å². The SMILES string of the molecule is O=C(c1cnccn1)N1CC2(C[C@@H](COCC3CC3)CCN2CC2CC2)C1. The average Bonchev–Trinajstić information content (AvgIpc) is 3.57. The summed E-state index contributed by atoms with van der Waals surface area (Å²) in [5.74, 6) is 2.37. The molecular formula is C21H30N4O2. The van der Waals surface area contributed by atoms with E-state index in [4.69, 9.17) is 4.74 Å². The van der Waals surface area contributed by atoms with Gasteiger partial charge in [-0.15, -0.1) is 0 Å². The highest BCUT2D eigenvalue weighted by Gasteiger charge is 2.53. The third-order valence-electron chi connectivity index (χ3n) is 6.77. The maximum atomic E-state index is 12.7. The summed E-state index contributed by atoms with van der Waals surface area (Å²) in [6.07, 6.45) is 12.6. The summed E-state index contributed by atoms with van der Waals surface area (Å²) in [5, 5.41) is 0. The fourth-order valence-electron chi connectivity index (χ4n) is 4.78. The number of ether oxygens (including phenoxy) is 1. The van der Waals surface area contributed by atoms with E-state index in [-0.39, 0.29) is 11.4 Å². The Hall–Kier alpha value is -1.53. The van der Waals surface area contributed by atoms with Gasteiger partial charge in [0.2, 0.25) is 0 Å². The summed E-state index contributed by atoms with van der Waals surface area (Å²) in [7, 11) is 0. The molecule has 1 spiro atoms. The summed E-state index contributed by atoms with van der Waals surface area (Å²) in [6.45, 7) is 5.87. The van der Waals surface area contributed by atoms with Gasteiger partial charge in [0.25, 0.3) is 5.91 Å². The van der Waals surface area contributed by atoms with Crippen molar-refractivity contribution in [1.29, 1.82) is 0 Å². The van der Waals surface area contributed by atoms with E-state index in [0.29, 0.717) is 11.6 Å². The van der Waals surface area contributed by atoms with Gasteiger partial charge in [-0.05, 0) is 62.8 Å². The number of carbonyl (C=O) groups excluding carboxylic acids is 1. The van der Waals surface area contributed by atoms with Crippen LogP contribution >= 0.6 is 0 Å². The van der Waals surface area contributed by atoms with Crippen LogP contribution in [0.1, 0.15) is 49.0 Å². The van der Waals surface area contributed by atoms with Gasteiger partial charge in [-0.2, -0.15) is 0 Å². The van der Waals surface area contributed by atoms with Crippen LogP contribution in [-0.4, -0.2) is 70.6 Å². The van der Waals surface area contributed by atoms with E-state index in [0.717, 1.165) is 51.1 Å². The molecule has 1 aromatic heterocycles. The normalized spacial score (nSPS) is 27.6. The molecule has 5 rings (SSSR count). The maximum Gasteiger partial charge on any atom is 0.274 e. The van der Waals surface area contributed by atoms with Gasteiger partial charge in [-0.1, -0.05) is 0 Å². The van der Waals surface area contributed by atoms with Crippen LogP contribution in [0.3, 0.4) is 0 Å². The molecule has 6 nitrogen and oxygen atoms in total. The molecule has 0 aromatic carbocycles. The van der Waals surface area contributed by atoms with Crippen molar-refractivity contribution < 1.29 is 9.53 Å². The van der Waals surface area contributed by atoms with E-state index < -0.39 is 0 Å². The maximum absolute atomic E-state index is 12.7. The zero-order chi connectivity index (χ0) is 18.3. The number of rotatable bonds is 7. The van der Waals surface area contributed by atoms with Crippen molar-refractivity contribution >= 4 is 5.91 Å². The molecule has 3 heterocycles. The Morgan fingerprint density at radius 3 is 2.56 bits per heavy atom. The van der Waals surface area contributed by atoms with Crippen LogP contribution < -0.4 is 0 Å². The third kappa shape index (κ3) is 3.87. The van der Waals surface area contributed by atoms with Crippen LogP contribution in [0.2, 0.25) is 0 Å². The van der Waals surface area contributed by atoms with Crippen molar-refractivity contribution in [3.05, 3.63) is 24.3 Å². The number of hydrogen-bond donors (Lipinski definition) is 0. The van der Waals surface area contributed by atoms with Gasteiger partial charge in [0.1, 0.15) is 5.69 Å². The lowest BCUT2D eigenvalue weighted by Gasteiger charge is -2.59. The molecule has 1 atom stereocenters. The largest absolute Gasteiger partial charge is 0.381 e. The fourth-order valence-corrected chi connectivity index (χ4v) is 4.78. The van der Waals surface area contributed by atoms with Crippen molar-refractivity contribution in [2.24, 2.45) is 17.8 Å². The summed E-state index contributed by atoms with van der Waals surface area (Å²) in [6, 6.07) is 0. The highest BCUT2D eigenvalue weighted by molar-refractivity contribution is 5.92. The monoisotopic (exact) mass is 370 g/mol. The predicted octanol–water partition coefficient (Wildman–Crippen LogP) is 2.22. The Morgan fingerprint density at radius 1 is 1.07 bits per heavy atom. The lowest BCUT2D eigenvalue weighted by atomic mass is 9.74. The fraction of sp³-hybridized carbons (Fsp3) is 0.762. The number of piperidine rings is 1. The molecule has 2 saturated carbocycles. The first kappa shape index (κ1) is 17.6. The summed E-state index contributed by atoms with van der Waals surface area (Å²) in [5.41, 5.74) is 0.619. The summed E-state index contributed by atoms with van der Waals surface area (Å²) < 4.78 is 6.01. The zero-order valence-electron chi connectivity index (χ0n) is 16.1. The molecule has 27 heavy (non-hydrogen) atoms. The number of nitrogens with zero attached hydrogens (tertiary/aromatic N) is 4. The summed E-state index contributed by atoms with van der Waals surface area (Å²) in [4.78, 5) is 25.6. The highest BCUT2D eigenvalue weighted by Crippen LogP contribution is 2.42.